The molecular weight excluding hydrogens is 306 g/mol. The van der Waals surface area contributed by atoms with Gasteiger partial charge >= 0.3 is 0 Å². The number of likely N-dealkylation sites (tertiary alicyclic amines) is 1. The van der Waals surface area contributed by atoms with Gasteiger partial charge in [-0.1, -0.05) is 32.9 Å². The molecule has 1 aliphatic heterocycles. The monoisotopic (exact) mass is 337 g/mol. The van der Waals surface area contributed by atoms with Gasteiger partial charge < -0.3 is 4.90 Å². The molecule has 0 saturated carbocycles. The average molecular weight is 338 g/mol. The molecule has 0 radical (unpaired) electrons. The lowest BCUT2D eigenvalue weighted by Gasteiger charge is -2.35. The fourth-order valence-electron chi connectivity index (χ4n) is 3.61. The summed E-state index contributed by atoms with van der Waals surface area (Å²) in [5.74, 6) is 2.22. The fourth-order valence-corrected chi connectivity index (χ4v) is 4.30. The molecule has 0 amide bonds. The van der Waals surface area contributed by atoms with E-state index >= 15 is 0 Å². The molecule has 0 N–H and O–H groups in total. The summed E-state index contributed by atoms with van der Waals surface area (Å²) in [4.78, 5) is 3.00. The lowest BCUT2D eigenvalue weighted by molar-refractivity contribution is 0.142. The third-order valence-electron chi connectivity index (χ3n) is 5.06. The number of rotatable bonds is 6. The molecule has 2 rings (SSSR count). The molecule has 1 aliphatic rings. The Morgan fingerprint density at radius 2 is 1.83 bits per heavy atom. The number of nitrogens with zero attached hydrogens (tertiary/aromatic N) is 1. The lowest BCUT2D eigenvalue weighted by Crippen LogP contribution is -2.38. The summed E-state index contributed by atoms with van der Waals surface area (Å²) in [6.07, 6.45) is 4.84. The van der Waals surface area contributed by atoms with E-state index in [4.69, 9.17) is 0 Å². The van der Waals surface area contributed by atoms with Gasteiger partial charge in [0.15, 0.2) is 9.84 Å². The average Bonchev–Trinajstić information content (AvgIpc) is 2.47. The van der Waals surface area contributed by atoms with Crippen molar-refractivity contribution < 1.29 is 8.42 Å². The Kier molecular flexibility index (Phi) is 6.26. The second kappa shape index (κ2) is 7.80. The molecule has 0 aromatic heterocycles. The molecule has 1 aromatic rings. The molecule has 0 aliphatic carbocycles. The van der Waals surface area contributed by atoms with Crippen LogP contribution in [0.4, 0.5) is 0 Å². The van der Waals surface area contributed by atoms with Crippen LogP contribution < -0.4 is 0 Å². The van der Waals surface area contributed by atoms with Crippen molar-refractivity contribution in [3.63, 3.8) is 0 Å². The van der Waals surface area contributed by atoms with Crippen LogP contribution in [0.5, 0.6) is 0 Å². The molecule has 1 fully saturated rings. The van der Waals surface area contributed by atoms with Crippen LogP contribution in [-0.4, -0.2) is 39.2 Å². The summed E-state index contributed by atoms with van der Waals surface area (Å²) in [6, 6.07) is 7.40. The standard InChI is InChI=1S/C19H31NO2S/c1-15(2)18-8-10-20(11-9-18)14-16(3)12-17-6-5-7-19(13-17)23(4,21)22/h5-7,13,15-16,18H,8-12,14H2,1-4H3. The van der Waals surface area contributed by atoms with Gasteiger partial charge in [0.1, 0.15) is 0 Å². The van der Waals surface area contributed by atoms with Crippen molar-refractivity contribution in [2.24, 2.45) is 17.8 Å². The first-order valence-electron chi connectivity index (χ1n) is 8.77. The van der Waals surface area contributed by atoms with Crippen molar-refractivity contribution in [1.29, 1.82) is 0 Å². The number of sulfone groups is 1. The molecule has 130 valence electrons. The zero-order chi connectivity index (χ0) is 17.0. The van der Waals surface area contributed by atoms with Crippen molar-refractivity contribution in [3.8, 4) is 0 Å². The van der Waals surface area contributed by atoms with E-state index in [2.05, 4.69) is 25.7 Å². The van der Waals surface area contributed by atoms with Gasteiger partial charge in [0.05, 0.1) is 4.90 Å². The normalized spacial score (nSPS) is 19.2. The van der Waals surface area contributed by atoms with E-state index in [1.54, 1.807) is 6.07 Å². The molecule has 1 saturated heterocycles. The summed E-state index contributed by atoms with van der Waals surface area (Å²) in [6.45, 7) is 10.4. The van der Waals surface area contributed by atoms with Crippen molar-refractivity contribution in [2.45, 2.75) is 44.9 Å². The summed E-state index contributed by atoms with van der Waals surface area (Å²) in [5, 5.41) is 0. The van der Waals surface area contributed by atoms with E-state index in [-0.39, 0.29) is 0 Å². The largest absolute Gasteiger partial charge is 0.303 e. The van der Waals surface area contributed by atoms with Crippen molar-refractivity contribution in [1.82, 2.24) is 4.90 Å². The molecule has 4 heteroatoms. The van der Waals surface area contributed by atoms with E-state index < -0.39 is 9.84 Å². The van der Waals surface area contributed by atoms with Gasteiger partial charge in [0.2, 0.25) is 0 Å². The van der Waals surface area contributed by atoms with Crippen LogP contribution in [0.2, 0.25) is 0 Å². The topological polar surface area (TPSA) is 37.4 Å². The van der Waals surface area contributed by atoms with Crippen LogP contribution in [0.1, 0.15) is 39.2 Å². The minimum absolute atomic E-state index is 0.431. The zero-order valence-electron chi connectivity index (χ0n) is 15.0. The molecule has 0 bridgehead atoms. The van der Waals surface area contributed by atoms with Crippen LogP contribution >= 0.6 is 0 Å². The predicted molar refractivity (Wildman–Crippen MR) is 96.4 cm³/mol. The zero-order valence-corrected chi connectivity index (χ0v) is 15.8. The minimum atomic E-state index is -3.11. The first-order chi connectivity index (χ1) is 10.8. The van der Waals surface area contributed by atoms with Gasteiger partial charge in [-0.05, 0) is 67.8 Å². The Morgan fingerprint density at radius 1 is 1.17 bits per heavy atom. The van der Waals surface area contributed by atoms with E-state index in [1.165, 1.54) is 32.2 Å². The highest BCUT2D eigenvalue weighted by atomic mass is 32.2. The van der Waals surface area contributed by atoms with E-state index in [9.17, 15) is 8.42 Å². The highest BCUT2D eigenvalue weighted by Gasteiger charge is 2.22. The summed E-state index contributed by atoms with van der Waals surface area (Å²) < 4.78 is 23.3. The quantitative estimate of drug-likeness (QED) is 0.795. The van der Waals surface area contributed by atoms with Gasteiger partial charge in [-0.15, -0.1) is 0 Å². The van der Waals surface area contributed by atoms with Crippen LogP contribution in [0.25, 0.3) is 0 Å². The van der Waals surface area contributed by atoms with Gasteiger partial charge in [0.25, 0.3) is 0 Å². The molecule has 1 unspecified atom stereocenters. The second-order valence-corrected chi connectivity index (χ2v) is 9.63. The molecule has 1 aromatic carbocycles. The highest BCUT2D eigenvalue weighted by Crippen LogP contribution is 2.25. The Balaban J connectivity index is 1.87. The summed E-state index contributed by atoms with van der Waals surface area (Å²) in [7, 11) is -3.11. The molecule has 3 nitrogen and oxygen atoms in total. The second-order valence-electron chi connectivity index (χ2n) is 7.61. The number of benzene rings is 1. The first kappa shape index (κ1) is 18.5. The van der Waals surface area contributed by atoms with E-state index in [0.717, 1.165) is 30.4 Å². The van der Waals surface area contributed by atoms with Crippen LogP contribution in [0.3, 0.4) is 0 Å². The van der Waals surface area contributed by atoms with Gasteiger partial charge in [0, 0.05) is 12.8 Å². The Morgan fingerprint density at radius 3 is 2.39 bits per heavy atom. The highest BCUT2D eigenvalue weighted by molar-refractivity contribution is 7.90. The van der Waals surface area contributed by atoms with Crippen LogP contribution in [0, 0.1) is 17.8 Å². The van der Waals surface area contributed by atoms with E-state index in [1.807, 2.05) is 18.2 Å². The number of hydrogen-bond acceptors (Lipinski definition) is 3. The number of piperidine rings is 1. The van der Waals surface area contributed by atoms with Crippen molar-refractivity contribution >= 4 is 9.84 Å². The molecule has 23 heavy (non-hydrogen) atoms. The Hall–Kier alpha value is -0.870. The fraction of sp³-hybridized carbons (Fsp3) is 0.684. The SMILES string of the molecule is CC(Cc1cccc(S(C)(=O)=O)c1)CN1CCC(C(C)C)CC1. The van der Waals surface area contributed by atoms with Gasteiger partial charge in [-0.25, -0.2) is 8.42 Å². The molecular formula is C19H31NO2S. The van der Waals surface area contributed by atoms with E-state index in [0.29, 0.717) is 10.8 Å². The molecule has 1 heterocycles. The maximum atomic E-state index is 11.7. The molecule has 1 atom stereocenters. The van der Waals surface area contributed by atoms with Crippen LogP contribution in [0.15, 0.2) is 29.2 Å². The van der Waals surface area contributed by atoms with Crippen molar-refractivity contribution in [2.75, 3.05) is 25.9 Å². The van der Waals surface area contributed by atoms with Gasteiger partial charge in [-0.2, -0.15) is 0 Å². The van der Waals surface area contributed by atoms with Crippen molar-refractivity contribution in [3.05, 3.63) is 29.8 Å². The van der Waals surface area contributed by atoms with Crippen LogP contribution in [-0.2, 0) is 16.3 Å². The third kappa shape index (κ3) is 5.61. The summed E-state index contributed by atoms with van der Waals surface area (Å²) >= 11 is 0. The Labute approximate surface area is 142 Å². The summed E-state index contributed by atoms with van der Waals surface area (Å²) in [5.41, 5.74) is 1.12. The Bertz CT molecular complexity index is 602. The smallest absolute Gasteiger partial charge is 0.175 e. The first-order valence-corrected chi connectivity index (χ1v) is 10.7. The maximum Gasteiger partial charge on any atom is 0.175 e. The third-order valence-corrected chi connectivity index (χ3v) is 6.17. The lowest BCUT2D eigenvalue weighted by atomic mass is 9.86. The van der Waals surface area contributed by atoms with Gasteiger partial charge in [-0.3, -0.25) is 0 Å². The number of hydrogen-bond donors (Lipinski definition) is 0. The predicted octanol–water partition coefficient (Wildman–Crippen LogP) is 3.64. The molecule has 0 spiro atoms. The maximum absolute atomic E-state index is 11.7. The minimum Gasteiger partial charge on any atom is -0.303 e.